The molecule has 5 nitrogen and oxygen atoms in total. The zero-order chi connectivity index (χ0) is 17.0. The van der Waals surface area contributed by atoms with Crippen molar-refractivity contribution in [3.05, 3.63) is 35.4 Å². The summed E-state index contributed by atoms with van der Waals surface area (Å²) in [6.07, 6.45) is -4.66. The fourth-order valence-corrected chi connectivity index (χ4v) is 2.57. The number of rotatable bonds is 4. The molecule has 8 heteroatoms. The van der Waals surface area contributed by atoms with Crippen molar-refractivity contribution >= 4 is 11.9 Å². The second kappa shape index (κ2) is 6.99. The van der Waals surface area contributed by atoms with Gasteiger partial charge in [0.25, 0.3) is 0 Å². The summed E-state index contributed by atoms with van der Waals surface area (Å²) < 4.78 is 43.8. The third-order valence-electron chi connectivity index (χ3n) is 3.73. The predicted octanol–water partition coefficient (Wildman–Crippen LogP) is 1.57. The fourth-order valence-electron chi connectivity index (χ4n) is 2.57. The van der Waals surface area contributed by atoms with Gasteiger partial charge in [-0.3, -0.25) is 14.5 Å². The highest BCUT2D eigenvalue weighted by Crippen LogP contribution is 2.32. The first-order valence-corrected chi connectivity index (χ1v) is 7.06. The number of halogens is 3. The number of carbonyl (C=O) groups excluding carboxylic acids is 2. The van der Waals surface area contributed by atoms with Crippen molar-refractivity contribution in [1.82, 2.24) is 10.2 Å². The average molecular weight is 330 g/mol. The topological polar surface area (TPSA) is 58.6 Å². The first-order valence-electron chi connectivity index (χ1n) is 7.06. The second-order valence-electron chi connectivity index (χ2n) is 5.21. The standard InChI is InChI=1S/C15H17F3N2O3/c1-23-13(21)8-12-14(22)19-6-7-20(12)9-10-4-2-3-5-11(10)15(16,17)18/h2-5,12H,6-9H2,1H3,(H,19,22). The van der Waals surface area contributed by atoms with Gasteiger partial charge < -0.3 is 10.1 Å². The van der Waals surface area contributed by atoms with E-state index < -0.39 is 23.8 Å². The second-order valence-corrected chi connectivity index (χ2v) is 5.21. The summed E-state index contributed by atoms with van der Waals surface area (Å²) in [5.74, 6) is -0.965. The summed E-state index contributed by atoms with van der Waals surface area (Å²) in [4.78, 5) is 25.0. The Morgan fingerprint density at radius 3 is 2.74 bits per heavy atom. The summed E-state index contributed by atoms with van der Waals surface area (Å²) in [5.41, 5.74) is -0.660. The van der Waals surface area contributed by atoms with E-state index in [-0.39, 0.29) is 24.4 Å². The van der Waals surface area contributed by atoms with Crippen LogP contribution in [0.4, 0.5) is 13.2 Å². The van der Waals surface area contributed by atoms with Gasteiger partial charge in [-0.15, -0.1) is 0 Å². The number of esters is 1. The molecule has 1 aromatic rings. The maximum absolute atomic E-state index is 13.1. The Balaban J connectivity index is 2.23. The molecule has 1 aliphatic rings. The van der Waals surface area contributed by atoms with E-state index in [2.05, 4.69) is 10.1 Å². The quantitative estimate of drug-likeness (QED) is 0.852. The Morgan fingerprint density at radius 2 is 2.09 bits per heavy atom. The van der Waals surface area contributed by atoms with Crippen LogP contribution in [0.3, 0.4) is 0 Å². The van der Waals surface area contributed by atoms with Crippen LogP contribution in [0.5, 0.6) is 0 Å². The number of alkyl halides is 3. The molecule has 1 aromatic carbocycles. The van der Waals surface area contributed by atoms with Crippen molar-refractivity contribution in [2.24, 2.45) is 0 Å². The minimum atomic E-state index is -4.47. The number of hydrogen-bond acceptors (Lipinski definition) is 4. The third kappa shape index (κ3) is 4.22. The summed E-state index contributed by atoms with van der Waals surface area (Å²) in [7, 11) is 1.20. The Hall–Kier alpha value is -2.09. The number of methoxy groups -OCH3 is 1. The Morgan fingerprint density at radius 1 is 1.39 bits per heavy atom. The van der Waals surface area contributed by atoms with E-state index in [0.29, 0.717) is 13.1 Å². The van der Waals surface area contributed by atoms with Gasteiger partial charge in [0.15, 0.2) is 0 Å². The molecule has 0 aliphatic carbocycles. The molecule has 2 rings (SSSR count). The third-order valence-corrected chi connectivity index (χ3v) is 3.73. The van der Waals surface area contributed by atoms with Crippen LogP contribution in [0.2, 0.25) is 0 Å². The SMILES string of the molecule is COC(=O)CC1C(=O)NCCN1Cc1ccccc1C(F)(F)F. The predicted molar refractivity (Wildman–Crippen MR) is 75.3 cm³/mol. The summed E-state index contributed by atoms with van der Waals surface area (Å²) in [6, 6.07) is 4.39. The van der Waals surface area contributed by atoms with Crippen molar-refractivity contribution in [2.45, 2.75) is 25.2 Å². The van der Waals surface area contributed by atoms with Gasteiger partial charge in [0, 0.05) is 19.6 Å². The molecule has 0 spiro atoms. The molecular weight excluding hydrogens is 313 g/mol. The van der Waals surface area contributed by atoms with Crippen molar-refractivity contribution in [3.8, 4) is 0 Å². The summed E-state index contributed by atoms with van der Waals surface area (Å²) in [6.45, 7) is 0.620. The zero-order valence-corrected chi connectivity index (χ0v) is 12.5. The summed E-state index contributed by atoms with van der Waals surface area (Å²) in [5, 5.41) is 2.61. The minimum absolute atomic E-state index is 0.0647. The fraction of sp³-hybridized carbons (Fsp3) is 0.467. The van der Waals surface area contributed by atoms with E-state index in [9.17, 15) is 22.8 Å². The van der Waals surface area contributed by atoms with Gasteiger partial charge >= 0.3 is 12.1 Å². The van der Waals surface area contributed by atoms with Crippen LogP contribution >= 0.6 is 0 Å². The highest BCUT2D eigenvalue weighted by Gasteiger charge is 2.36. The van der Waals surface area contributed by atoms with Crippen molar-refractivity contribution in [3.63, 3.8) is 0 Å². The van der Waals surface area contributed by atoms with Gasteiger partial charge in [-0.1, -0.05) is 18.2 Å². The molecule has 1 saturated heterocycles. The number of amides is 1. The number of piperazine rings is 1. The first kappa shape index (κ1) is 17.3. The highest BCUT2D eigenvalue weighted by molar-refractivity contribution is 5.87. The molecular formula is C15H17F3N2O3. The molecule has 0 radical (unpaired) electrons. The number of nitrogens with one attached hydrogen (secondary N) is 1. The lowest BCUT2D eigenvalue weighted by atomic mass is 10.0. The van der Waals surface area contributed by atoms with Gasteiger partial charge in [0.2, 0.25) is 5.91 Å². The van der Waals surface area contributed by atoms with Gasteiger partial charge in [-0.2, -0.15) is 13.2 Å². The summed E-state index contributed by atoms with van der Waals surface area (Å²) >= 11 is 0. The number of carbonyl (C=O) groups is 2. The Labute approximate surface area is 131 Å². The van der Waals surface area contributed by atoms with Crippen molar-refractivity contribution in [2.75, 3.05) is 20.2 Å². The van der Waals surface area contributed by atoms with E-state index in [1.807, 2.05) is 0 Å². The minimum Gasteiger partial charge on any atom is -0.469 e. The maximum atomic E-state index is 13.1. The maximum Gasteiger partial charge on any atom is 0.416 e. The molecule has 1 N–H and O–H groups in total. The van der Waals surface area contributed by atoms with E-state index >= 15 is 0 Å². The van der Waals surface area contributed by atoms with Crippen LogP contribution in [0.1, 0.15) is 17.5 Å². The van der Waals surface area contributed by atoms with Crippen LogP contribution in [0, 0.1) is 0 Å². The lowest BCUT2D eigenvalue weighted by Gasteiger charge is -2.34. The normalized spacial score (nSPS) is 19.3. The molecule has 126 valence electrons. The van der Waals surface area contributed by atoms with Crippen molar-refractivity contribution < 1.29 is 27.5 Å². The number of benzene rings is 1. The molecule has 1 aliphatic heterocycles. The molecule has 0 saturated carbocycles. The van der Waals surface area contributed by atoms with Gasteiger partial charge in [-0.05, 0) is 11.6 Å². The van der Waals surface area contributed by atoms with Gasteiger partial charge in [-0.25, -0.2) is 0 Å². The molecule has 0 bridgehead atoms. The van der Waals surface area contributed by atoms with Gasteiger partial charge in [0.1, 0.15) is 6.04 Å². The molecule has 1 amide bonds. The van der Waals surface area contributed by atoms with E-state index in [4.69, 9.17) is 0 Å². The molecule has 1 fully saturated rings. The first-order chi connectivity index (χ1) is 10.8. The molecule has 1 atom stereocenters. The number of nitrogens with zero attached hydrogens (tertiary/aromatic N) is 1. The van der Waals surface area contributed by atoms with Gasteiger partial charge in [0.05, 0.1) is 19.1 Å². The largest absolute Gasteiger partial charge is 0.469 e. The van der Waals surface area contributed by atoms with Crippen LogP contribution in [0.25, 0.3) is 0 Å². The monoisotopic (exact) mass is 330 g/mol. The van der Waals surface area contributed by atoms with Crippen LogP contribution in [0.15, 0.2) is 24.3 Å². The van der Waals surface area contributed by atoms with Crippen LogP contribution in [-0.2, 0) is 27.0 Å². The van der Waals surface area contributed by atoms with E-state index in [1.165, 1.54) is 25.3 Å². The molecule has 23 heavy (non-hydrogen) atoms. The lowest BCUT2D eigenvalue weighted by Crippen LogP contribution is -2.55. The molecule has 1 unspecified atom stereocenters. The smallest absolute Gasteiger partial charge is 0.416 e. The van der Waals surface area contributed by atoms with Crippen LogP contribution < -0.4 is 5.32 Å². The van der Waals surface area contributed by atoms with Crippen molar-refractivity contribution in [1.29, 1.82) is 0 Å². The Kier molecular flexibility index (Phi) is 5.25. The highest BCUT2D eigenvalue weighted by atomic mass is 19.4. The number of ether oxygens (including phenoxy) is 1. The van der Waals surface area contributed by atoms with E-state index in [0.717, 1.165) is 6.07 Å². The van der Waals surface area contributed by atoms with Crippen LogP contribution in [-0.4, -0.2) is 43.0 Å². The van der Waals surface area contributed by atoms with E-state index in [1.54, 1.807) is 4.90 Å². The molecule has 0 aromatic heterocycles. The average Bonchev–Trinajstić information content (AvgIpc) is 2.50. The Bertz CT molecular complexity index is 590. The number of hydrogen-bond donors (Lipinski definition) is 1. The molecule has 1 heterocycles. The zero-order valence-electron chi connectivity index (χ0n) is 12.5. The lowest BCUT2D eigenvalue weighted by molar-refractivity contribution is -0.146.